The molecule has 0 radical (unpaired) electrons. The minimum absolute atomic E-state index is 0.126. The Hall–Kier alpha value is -4.09. The van der Waals surface area contributed by atoms with Gasteiger partial charge in [-0.2, -0.15) is 0 Å². The number of nitrogens with zero attached hydrogens (tertiary/aromatic N) is 3. The van der Waals surface area contributed by atoms with Crippen molar-refractivity contribution in [3.8, 4) is 5.88 Å². The van der Waals surface area contributed by atoms with E-state index in [1.165, 1.54) is 12.3 Å². The fourth-order valence-corrected chi connectivity index (χ4v) is 3.50. The molecule has 1 aliphatic carbocycles. The zero-order chi connectivity index (χ0) is 24.3. The van der Waals surface area contributed by atoms with Gasteiger partial charge in [0.05, 0.1) is 17.3 Å². The van der Waals surface area contributed by atoms with Gasteiger partial charge < -0.3 is 24.9 Å². The highest BCUT2D eigenvalue weighted by atomic mass is 19.2. The number of anilines is 3. The summed E-state index contributed by atoms with van der Waals surface area (Å²) in [4.78, 5) is 27.9. The molecule has 1 saturated carbocycles. The average Bonchev–Trinajstić information content (AvgIpc) is 3.28. The Kier molecular flexibility index (Phi) is 6.39. The summed E-state index contributed by atoms with van der Waals surface area (Å²) in [6.07, 6.45) is 3.55. The molecule has 2 aromatic heterocycles. The van der Waals surface area contributed by atoms with E-state index < -0.39 is 28.9 Å². The number of pyridine rings is 1. The Morgan fingerprint density at radius 1 is 1.12 bits per heavy atom. The molecule has 2 heterocycles. The summed E-state index contributed by atoms with van der Waals surface area (Å²) in [5.74, 6) is -3.53. The number of aliphatic carboxylic acids is 1. The van der Waals surface area contributed by atoms with E-state index in [0.29, 0.717) is 37.3 Å². The molecule has 0 aliphatic heterocycles. The molecule has 0 unspecified atom stereocenters. The lowest BCUT2D eigenvalue weighted by Crippen LogP contribution is -2.36. The van der Waals surface area contributed by atoms with Gasteiger partial charge in [0.25, 0.3) is 0 Å². The van der Waals surface area contributed by atoms with Crippen molar-refractivity contribution in [1.29, 1.82) is 0 Å². The predicted octanol–water partition coefficient (Wildman–Crippen LogP) is 4.15. The Morgan fingerprint density at radius 3 is 2.50 bits per heavy atom. The SMILES string of the molecule is CC1(C(=O)O)CCC(Oc2ccc(NC(=O)c3nnc(Nc4ccc(F)c(F)c4)o3)cn2)CC1. The molecule has 178 valence electrons. The number of amides is 1. The molecule has 3 N–H and O–H groups in total. The van der Waals surface area contributed by atoms with E-state index in [2.05, 4.69) is 25.8 Å². The van der Waals surface area contributed by atoms with Crippen molar-refractivity contribution in [2.75, 3.05) is 10.6 Å². The Morgan fingerprint density at radius 2 is 1.85 bits per heavy atom. The first kappa shape index (κ1) is 23.1. The van der Waals surface area contributed by atoms with Gasteiger partial charge in [0.2, 0.25) is 5.88 Å². The molecule has 34 heavy (non-hydrogen) atoms. The maximum absolute atomic E-state index is 13.3. The van der Waals surface area contributed by atoms with Crippen molar-refractivity contribution in [3.05, 3.63) is 54.1 Å². The number of ether oxygens (including phenoxy) is 1. The molecule has 1 amide bonds. The van der Waals surface area contributed by atoms with Crippen molar-refractivity contribution in [3.63, 3.8) is 0 Å². The van der Waals surface area contributed by atoms with Crippen molar-refractivity contribution in [2.45, 2.75) is 38.7 Å². The molecule has 0 spiro atoms. The van der Waals surface area contributed by atoms with E-state index in [4.69, 9.17) is 9.15 Å². The summed E-state index contributed by atoms with van der Waals surface area (Å²) in [6.45, 7) is 1.74. The van der Waals surface area contributed by atoms with Crippen LogP contribution in [0.5, 0.6) is 5.88 Å². The zero-order valence-electron chi connectivity index (χ0n) is 18.0. The summed E-state index contributed by atoms with van der Waals surface area (Å²) in [6, 6.07) is 6.11. The molecule has 0 atom stereocenters. The first-order valence-corrected chi connectivity index (χ1v) is 10.4. The fourth-order valence-electron chi connectivity index (χ4n) is 3.50. The van der Waals surface area contributed by atoms with Gasteiger partial charge in [-0.1, -0.05) is 5.10 Å². The second kappa shape index (κ2) is 9.41. The topological polar surface area (TPSA) is 139 Å². The molecule has 1 aliphatic rings. The van der Waals surface area contributed by atoms with Gasteiger partial charge >= 0.3 is 23.8 Å². The van der Waals surface area contributed by atoms with E-state index in [-0.39, 0.29) is 23.7 Å². The van der Waals surface area contributed by atoms with Crippen LogP contribution in [0, 0.1) is 17.0 Å². The summed E-state index contributed by atoms with van der Waals surface area (Å²) < 4.78 is 37.3. The van der Waals surface area contributed by atoms with Crippen LogP contribution in [0.4, 0.5) is 26.2 Å². The standard InChI is InChI=1S/C22H21F2N5O5/c1-22(20(31)32)8-6-14(7-9-22)33-17-5-3-13(11-25-17)26-18(30)19-28-29-21(34-19)27-12-2-4-15(23)16(24)10-12/h2-5,10-11,14H,6-9H2,1H3,(H,26,30)(H,27,29)(H,31,32). The summed E-state index contributed by atoms with van der Waals surface area (Å²) in [5, 5.41) is 21.7. The van der Waals surface area contributed by atoms with Crippen LogP contribution in [0.2, 0.25) is 0 Å². The highest BCUT2D eigenvalue weighted by Gasteiger charge is 2.38. The summed E-state index contributed by atoms with van der Waals surface area (Å²) >= 11 is 0. The minimum atomic E-state index is -1.05. The van der Waals surface area contributed by atoms with Gasteiger partial charge in [-0.05, 0) is 50.8 Å². The average molecular weight is 473 g/mol. The van der Waals surface area contributed by atoms with Crippen LogP contribution < -0.4 is 15.4 Å². The van der Waals surface area contributed by atoms with Crippen molar-refractivity contribution in [1.82, 2.24) is 15.2 Å². The molecular weight excluding hydrogens is 452 g/mol. The van der Waals surface area contributed by atoms with Crippen LogP contribution in [-0.2, 0) is 4.79 Å². The number of aromatic nitrogens is 3. The third kappa shape index (κ3) is 5.27. The second-order valence-electron chi connectivity index (χ2n) is 8.19. The number of nitrogens with one attached hydrogen (secondary N) is 2. The van der Waals surface area contributed by atoms with Crippen LogP contribution in [0.25, 0.3) is 0 Å². The number of carboxylic acids is 1. The van der Waals surface area contributed by atoms with Gasteiger partial charge in [-0.3, -0.25) is 9.59 Å². The van der Waals surface area contributed by atoms with Crippen LogP contribution >= 0.6 is 0 Å². The number of benzene rings is 1. The Labute approximate surface area is 192 Å². The van der Waals surface area contributed by atoms with E-state index in [9.17, 15) is 23.5 Å². The zero-order valence-corrected chi connectivity index (χ0v) is 18.0. The number of halogens is 2. The minimum Gasteiger partial charge on any atom is -0.481 e. The molecule has 1 aromatic carbocycles. The van der Waals surface area contributed by atoms with Crippen molar-refractivity contribution >= 4 is 29.3 Å². The van der Waals surface area contributed by atoms with E-state index in [1.807, 2.05) is 0 Å². The van der Waals surface area contributed by atoms with Gasteiger partial charge in [-0.15, -0.1) is 5.10 Å². The largest absolute Gasteiger partial charge is 0.481 e. The quantitative estimate of drug-likeness (QED) is 0.462. The molecule has 1 fully saturated rings. The van der Waals surface area contributed by atoms with Crippen molar-refractivity contribution < 1.29 is 32.6 Å². The number of carboxylic acid groups (broad SMARTS) is 1. The first-order chi connectivity index (χ1) is 16.2. The van der Waals surface area contributed by atoms with Gasteiger partial charge in [-0.25, -0.2) is 13.8 Å². The maximum Gasteiger partial charge on any atom is 0.320 e. The number of hydrogen-bond acceptors (Lipinski definition) is 8. The van der Waals surface area contributed by atoms with E-state index in [0.717, 1.165) is 12.1 Å². The lowest BCUT2D eigenvalue weighted by Gasteiger charge is -2.33. The Bertz CT molecular complexity index is 1190. The Balaban J connectivity index is 1.30. The normalized spacial score (nSPS) is 19.9. The van der Waals surface area contributed by atoms with Crippen LogP contribution in [0.15, 0.2) is 40.9 Å². The lowest BCUT2D eigenvalue weighted by molar-refractivity contribution is -0.150. The molecule has 3 aromatic rings. The highest BCUT2D eigenvalue weighted by Crippen LogP contribution is 2.37. The van der Waals surface area contributed by atoms with Crippen molar-refractivity contribution in [2.24, 2.45) is 5.41 Å². The molecule has 0 bridgehead atoms. The summed E-state index contributed by atoms with van der Waals surface area (Å²) in [5.41, 5.74) is -0.201. The van der Waals surface area contributed by atoms with Gasteiger partial charge in [0.15, 0.2) is 11.6 Å². The van der Waals surface area contributed by atoms with Crippen LogP contribution in [0.3, 0.4) is 0 Å². The highest BCUT2D eigenvalue weighted by molar-refractivity contribution is 6.00. The van der Waals surface area contributed by atoms with Gasteiger partial charge in [0, 0.05) is 17.8 Å². The smallest absolute Gasteiger partial charge is 0.320 e. The second-order valence-corrected chi connectivity index (χ2v) is 8.19. The van der Waals surface area contributed by atoms with E-state index in [1.54, 1.807) is 19.1 Å². The molecule has 4 rings (SSSR count). The number of carbonyl (C=O) groups excluding carboxylic acids is 1. The van der Waals surface area contributed by atoms with E-state index >= 15 is 0 Å². The molecule has 12 heteroatoms. The fraction of sp³-hybridized carbons (Fsp3) is 0.318. The molecular formula is C22H21F2N5O5. The molecule has 0 saturated heterocycles. The third-order valence-corrected chi connectivity index (χ3v) is 5.62. The van der Waals surface area contributed by atoms with Crippen LogP contribution in [-0.4, -0.2) is 38.3 Å². The monoisotopic (exact) mass is 473 g/mol. The van der Waals surface area contributed by atoms with Gasteiger partial charge in [0.1, 0.15) is 6.10 Å². The van der Waals surface area contributed by atoms with Crippen LogP contribution in [0.1, 0.15) is 43.3 Å². The number of carbonyl (C=O) groups is 2. The third-order valence-electron chi connectivity index (χ3n) is 5.62. The number of hydrogen-bond donors (Lipinski definition) is 3. The molecule has 10 nitrogen and oxygen atoms in total. The maximum atomic E-state index is 13.3. The number of rotatable bonds is 7. The lowest BCUT2D eigenvalue weighted by atomic mass is 9.75. The predicted molar refractivity (Wildman–Crippen MR) is 115 cm³/mol. The summed E-state index contributed by atoms with van der Waals surface area (Å²) in [7, 11) is 0. The first-order valence-electron chi connectivity index (χ1n) is 10.4.